The van der Waals surface area contributed by atoms with Crippen LogP contribution in [-0.2, 0) is 12.3 Å². The second-order valence-electron chi connectivity index (χ2n) is 5.14. The van der Waals surface area contributed by atoms with Gasteiger partial charge in [0.1, 0.15) is 11.4 Å². The van der Waals surface area contributed by atoms with Crippen molar-refractivity contribution >= 4 is 29.2 Å². The minimum absolute atomic E-state index is 0.0106. The molecular weight excluding hydrogens is 358 g/mol. The molecule has 9 heteroatoms. The van der Waals surface area contributed by atoms with E-state index in [1.807, 2.05) is 37.3 Å². The fraction of sp³-hybridized carbons (Fsp3) is 0.188. The number of aryl methyl sites for hydroxylation is 1. The van der Waals surface area contributed by atoms with Gasteiger partial charge in [-0.2, -0.15) is 0 Å². The third kappa shape index (κ3) is 4.52. The Balaban J connectivity index is 1.62. The number of nitrogens with one attached hydrogen (secondary N) is 2. The number of hydrogen-bond donors (Lipinski definition) is 2. The summed E-state index contributed by atoms with van der Waals surface area (Å²) in [4.78, 5) is 33.1. The van der Waals surface area contributed by atoms with E-state index in [1.165, 1.54) is 17.7 Å². The zero-order valence-electron chi connectivity index (χ0n) is 13.4. The number of nitrogens with zero attached hydrogens (tertiary/aromatic N) is 3. The van der Waals surface area contributed by atoms with Gasteiger partial charge in [-0.05, 0) is 30.6 Å². The van der Waals surface area contributed by atoms with E-state index in [2.05, 4.69) is 24.9 Å². The van der Waals surface area contributed by atoms with Gasteiger partial charge in [-0.1, -0.05) is 22.7 Å². The Morgan fingerprint density at radius 1 is 1.32 bits per heavy atom. The molecule has 0 atom stereocenters. The van der Waals surface area contributed by atoms with E-state index < -0.39 is 11.5 Å². The lowest BCUT2D eigenvalue weighted by Gasteiger charge is -2.05. The van der Waals surface area contributed by atoms with Gasteiger partial charge in [0.05, 0.1) is 22.9 Å². The molecule has 0 saturated heterocycles. The minimum Gasteiger partial charge on any atom is -0.347 e. The van der Waals surface area contributed by atoms with Gasteiger partial charge in [0.2, 0.25) is 0 Å². The van der Waals surface area contributed by atoms with Crippen LogP contribution >= 0.6 is 23.3 Å². The van der Waals surface area contributed by atoms with Crippen LogP contribution in [0.15, 0.2) is 46.2 Å². The number of aromatic nitrogens is 4. The highest BCUT2D eigenvalue weighted by atomic mass is 32.2. The molecule has 0 unspecified atom stereocenters. The predicted octanol–water partition coefficient (Wildman–Crippen LogP) is 2.15. The SMILES string of the molecule is Cc1nnsc1CNC(=O)c1cnc(CSc2ccccc2)[nH]c1=O. The number of carbonyl (C=O) groups excluding carboxylic acids is 1. The van der Waals surface area contributed by atoms with Crippen LogP contribution in [0.4, 0.5) is 0 Å². The summed E-state index contributed by atoms with van der Waals surface area (Å²) in [6.45, 7) is 2.10. The lowest BCUT2D eigenvalue weighted by molar-refractivity contribution is 0.0949. The molecule has 1 aromatic carbocycles. The van der Waals surface area contributed by atoms with Crippen molar-refractivity contribution in [3.8, 4) is 0 Å². The molecule has 3 aromatic rings. The first-order valence-electron chi connectivity index (χ1n) is 7.45. The minimum atomic E-state index is -0.469. The number of H-pyrrole nitrogens is 1. The van der Waals surface area contributed by atoms with Crippen LogP contribution in [0.2, 0.25) is 0 Å². The monoisotopic (exact) mass is 373 g/mol. The van der Waals surface area contributed by atoms with Gasteiger partial charge >= 0.3 is 0 Å². The second-order valence-corrected chi connectivity index (χ2v) is 7.03. The maximum absolute atomic E-state index is 12.2. The predicted molar refractivity (Wildman–Crippen MR) is 96.7 cm³/mol. The number of thioether (sulfide) groups is 1. The summed E-state index contributed by atoms with van der Waals surface area (Å²) in [7, 11) is 0. The molecule has 0 bridgehead atoms. The Morgan fingerprint density at radius 3 is 2.80 bits per heavy atom. The standard InChI is InChI=1S/C16H15N5O2S2/c1-10-13(25-21-20-10)8-18-15(22)12-7-17-14(19-16(12)23)9-24-11-5-3-2-4-6-11/h2-7H,8-9H2,1H3,(H,18,22)(H,17,19,23). The van der Waals surface area contributed by atoms with Crippen molar-refractivity contribution in [1.29, 1.82) is 0 Å². The molecule has 0 aliphatic heterocycles. The second kappa shape index (κ2) is 8.04. The summed E-state index contributed by atoms with van der Waals surface area (Å²) in [5, 5.41) is 6.56. The molecule has 2 aromatic heterocycles. The van der Waals surface area contributed by atoms with Crippen LogP contribution < -0.4 is 10.9 Å². The quantitative estimate of drug-likeness (QED) is 0.642. The molecule has 1 amide bonds. The van der Waals surface area contributed by atoms with Crippen LogP contribution in [-0.4, -0.2) is 25.5 Å². The van der Waals surface area contributed by atoms with Crippen molar-refractivity contribution < 1.29 is 4.79 Å². The molecule has 128 valence electrons. The molecule has 2 heterocycles. The Bertz CT molecular complexity index is 924. The molecule has 0 saturated carbocycles. The molecule has 25 heavy (non-hydrogen) atoms. The molecule has 0 spiro atoms. The first-order chi connectivity index (χ1) is 12.1. The van der Waals surface area contributed by atoms with Crippen LogP contribution in [0.1, 0.15) is 26.8 Å². The Labute approximate surface area is 152 Å². The van der Waals surface area contributed by atoms with Crippen molar-refractivity contribution in [2.24, 2.45) is 0 Å². The summed E-state index contributed by atoms with van der Waals surface area (Å²) < 4.78 is 3.80. The summed E-state index contributed by atoms with van der Waals surface area (Å²) in [5.41, 5.74) is 0.310. The third-order valence-electron chi connectivity index (χ3n) is 3.37. The van der Waals surface area contributed by atoms with Crippen molar-refractivity contribution in [1.82, 2.24) is 24.9 Å². The van der Waals surface area contributed by atoms with Gasteiger partial charge < -0.3 is 10.3 Å². The van der Waals surface area contributed by atoms with E-state index in [-0.39, 0.29) is 12.1 Å². The van der Waals surface area contributed by atoms with Gasteiger partial charge in [0.15, 0.2) is 0 Å². The Morgan fingerprint density at radius 2 is 2.12 bits per heavy atom. The number of benzene rings is 1. The van der Waals surface area contributed by atoms with Crippen molar-refractivity contribution in [2.45, 2.75) is 24.1 Å². The smallest absolute Gasteiger partial charge is 0.263 e. The number of aromatic amines is 1. The summed E-state index contributed by atoms with van der Waals surface area (Å²) in [5.74, 6) is 0.578. The first-order valence-corrected chi connectivity index (χ1v) is 9.21. The Hall–Kier alpha value is -2.52. The number of rotatable bonds is 6. The van der Waals surface area contributed by atoms with Crippen molar-refractivity contribution in [3.63, 3.8) is 0 Å². The van der Waals surface area contributed by atoms with E-state index in [0.29, 0.717) is 11.6 Å². The summed E-state index contributed by atoms with van der Waals surface area (Å²) in [6, 6.07) is 9.82. The first kappa shape index (κ1) is 17.3. The lowest BCUT2D eigenvalue weighted by atomic mass is 10.3. The lowest BCUT2D eigenvalue weighted by Crippen LogP contribution is -2.30. The van der Waals surface area contributed by atoms with Gasteiger partial charge in [-0.25, -0.2) is 4.98 Å². The van der Waals surface area contributed by atoms with Gasteiger partial charge in [0, 0.05) is 11.1 Å². The van der Waals surface area contributed by atoms with Gasteiger partial charge in [-0.3, -0.25) is 9.59 Å². The van der Waals surface area contributed by atoms with E-state index >= 15 is 0 Å². The van der Waals surface area contributed by atoms with Crippen molar-refractivity contribution in [3.05, 3.63) is 68.8 Å². The fourth-order valence-corrected chi connectivity index (χ4v) is 3.38. The average molecular weight is 373 g/mol. The normalized spacial score (nSPS) is 10.6. The zero-order chi connectivity index (χ0) is 17.6. The van der Waals surface area contributed by atoms with E-state index in [1.54, 1.807) is 11.8 Å². The van der Waals surface area contributed by atoms with Crippen LogP contribution in [0, 0.1) is 6.92 Å². The maximum atomic E-state index is 12.2. The summed E-state index contributed by atoms with van der Waals surface area (Å²) >= 11 is 2.78. The van der Waals surface area contributed by atoms with Crippen LogP contribution in [0.5, 0.6) is 0 Å². The number of hydrogen-bond acceptors (Lipinski definition) is 7. The van der Waals surface area contributed by atoms with Gasteiger partial charge in [0.25, 0.3) is 11.5 Å². The molecular formula is C16H15N5O2S2. The highest BCUT2D eigenvalue weighted by Crippen LogP contribution is 2.19. The van der Waals surface area contributed by atoms with Crippen molar-refractivity contribution in [2.75, 3.05) is 0 Å². The molecule has 0 fully saturated rings. The highest BCUT2D eigenvalue weighted by molar-refractivity contribution is 7.98. The fourth-order valence-electron chi connectivity index (χ4n) is 2.00. The zero-order valence-corrected chi connectivity index (χ0v) is 15.0. The topological polar surface area (TPSA) is 101 Å². The molecule has 0 aliphatic rings. The van der Waals surface area contributed by atoms with E-state index in [9.17, 15) is 9.59 Å². The molecule has 7 nitrogen and oxygen atoms in total. The third-order valence-corrected chi connectivity index (χ3v) is 5.22. The number of carbonyl (C=O) groups is 1. The number of amides is 1. The van der Waals surface area contributed by atoms with Crippen LogP contribution in [0.25, 0.3) is 0 Å². The molecule has 2 N–H and O–H groups in total. The largest absolute Gasteiger partial charge is 0.347 e. The van der Waals surface area contributed by atoms with Crippen LogP contribution in [0.3, 0.4) is 0 Å². The summed E-state index contributed by atoms with van der Waals surface area (Å²) in [6.07, 6.45) is 1.31. The molecule has 0 radical (unpaired) electrons. The van der Waals surface area contributed by atoms with E-state index in [0.717, 1.165) is 15.5 Å². The maximum Gasteiger partial charge on any atom is 0.263 e. The van der Waals surface area contributed by atoms with E-state index in [4.69, 9.17) is 0 Å². The van der Waals surface area contributed by atoms with Gasteiger partial charge in [-0.15, -0.1) is 16.9 Å². The molecule has 0 aliphatic carbocycles. The molecule has 3 rings (SSSR count). The Kier molecular flexibility index (Phi) is 5.56. The highest BCUT2D eigenvalue weighted by Gasteiger charge is 2.13. The average Bonchev–Trinajstić information content (AvgIpc) is 3.04.